The molecule has 0 bridgehead atoms. The molecule has 5 heteroatoms. The minimum atomic E-state index is -2.81. The van der Waals surface area contributed by atoms with Crippen LogP contribution in [0, 0.1) is 0 Å². The van der Waals surface area contributed by atoms with E-state index < -0.39 is 9.84 Å². The summed E-state index contributed by atoms with van der Waals surface area (Å²) in [4.78, 5) is 2.47. The Hall–Kier alpha value is -0.390. The monoisotopic (exact) mass is 288 g/mol. The van der Waals surface area contributed by atoms with E-state index in [-0.39, 0.29) is 0 Å². The van der Waals surface area contributed by atoms with Gasteiger partial charge in [-0.15, -0.1) is 0 Å². The molecule has 1 N–H and O–H groups in total. The molecular formula is C14H28N2O2S. The second-order valence-corrected chi connectivity index (χ2v) is 8.05. The maximum absolute atomic E-state index is 11.0. The van der Waals surface area contributed by atoms with E-state index in [9.17, 15) is 8.42 Å². The molecule has 1 rings (SSSR count). The number of sulfone groups is 1. The van der Waals surface area contributed by atoms with Crippen molar-refractivity contribution in [2.75, 3.05) is 38.2 Å². The Labute approximate surface area is 118 Å². The SMILES string of the molecule is CC(C)=CCN1CCC(NCCCS(C)(=O)=O)CC1. The Bertz CT molecular complexity index is 378. The Morgan fingerprint density at radius 1 is 1.32 bits per heavy atom. The van der Waals surface area contributed by atoms with Crippen LogP contribution in [0.5, 0.6) is 0 Å². The van der Waals surface area contributed by atoms with Crippen molar-refractivity contribution < 1.29 is 8.42 Å². The van der Waals surface area contributed by atoms with Crippen LogP contribution in [-0.4, -0.2) is 57.5 Å². The fourth-order valence-corrected chi connectivity index (χ4v) is 2.94. The molecule has 1 saturated heterocycles. The quantitative estimate of drug-likeness (QED) is 0.569. The van der Waals surface area contributed by atoms with Crippen LogP contribution in [0.4, 0.5) is 0 Å². The molecule has 0 saturated carbocycles. The van der Waals surface area contributed by atoms with Crippen LogP contribution >= 0.6 is 0 Å². The third-order valence-corrected chi connectivity index (χ3v) is 4.50. The van der Waals surface area contributed by atoms with Gasteiger partial charge in [0.25, 0.3) is 0 Å². The van der Waals surface area contributed by atoms with Crippen molar-refractivity contribution in [2.24, 2.45) is 0 Å². The van der Waals surface area contributed by atoms with Crippen LogP contribution in [-0.2, 0) is 9.84 Å². The molecule has 0 aromatic rings. The van der Waals surface area contributed by atoms with Gasteiger partial charge in [-0.1, -0.05) is 11.6 Å². The zero-order chi connectivity index (χ0) is 14.3. The Balaban J connectivity index is 2.11. The summed E-state index contributed by atoms with van der Waals surface area (Å²) in [5.41, 5.74) is 1.38. The number of piperidine rings is 1. The van der Waals surface area contributed by atoms with Gasteiger partial charge in [-0.05, 0) is 52.7 Å². The number of rotatable bonds is 7. The van der Waals surface area contributed by atoms with E-state index in [1.165, 1.54) is 11.8 Å². The smallest absolute Gasteiger partial charge is 0.147 e. The molecule has 112 valence electrons. The Morgan fingerprint density at radius 3 is 2.47 bits per heavy atom. The van der Waals surface area contributed by atoms with Crippen LogP contribution in [0.1, 0.15) is 33.1 Å². The summed E-state index contributed by atoms with van der Waals surface area (Å²) in [6.45, 7) is 8.40. The summed E-state index contributed by atoms with van der Waals surface area (Å²) < 4.78 is 22.0. The first-order chi connectivity index (χ1) is 8.87. The first-order valence-electron chi connectivity index (χ1n) is 7.13. The van der Waals surface area contributed by atoms with Gasteiger partial charge in [0.2, 0.25) is 0 Å². The van der Waals surface area contributed by atoms with Gasteiger partial charge in [0.05, 0.1) is 5.75 Å². The zero-order valence-corrected chi connectivity index (χ0v) is 13.3. The van der Waals surface area contributed by atoms with E-state index in [2.05, 4.69) is 30.1 Å². The molecule has 0 amide bonds. The van der Waals surface area contributed by atoms with E-state index in [1.807, 2.05) is 0 Å². The summed E-state index contributed by atoms with van der Waals surface area (Å²) in [5.74, 6) is 0.291. The lowest BCUT2D eigenvalue weighted by atomic mass is 10.0. The van der Waals surface area contributed by atoms with Crippen LogP contribution in [0.2, 0.25) is 0 Å². The third kappa shape index (κ3) is 8.39. The van der Waals surface area contributed by atoms with Crippen molar-refractivity contribution in [2.45, 2.75) is 39.2 Å². The Morgan fingerprint density at radius 2 is 1.95 bits per heavy atom. The molecule has 0 aromatic carbocycles. The first kappa shape index (κ1) is 16.7. The van der Waals surface area contributed by atoms with Gasteiger partial charge in [0.1, 0.15) is 9.84 Å². The molecule has 1 aliphatic heterocycles. The van der Waals surface area contributed by atoms with Crippen molar-refractivity contribution in [3.05, 3.63) is 11.6 Å². The average molecular weight is 288 g/mol. The standard InChI is InChI=1S/C14H28N2O2S/c1-13(2)5-9-16-10-6-14(7-11-16)15-8-4-12-19(3,17)18/h5,14-15H,4,6-12H2,1-3H3. The lowest BCUT2D eigenvalue weighted by Crippen LogP contribution is -2.43. The Kier molecular flexibility index (Phi) is 7.04. The summed E-state index contributed by atoms with van der Waals surface area (Å²) in [7, 11) is -2.81. The predicted octanol–water partition coefficient (Wildman–Crippen LogP) is 1.44. The van der Waals surface area contributed by atoms with Crippen LogP contribution in [0.3, 0.4) is 0 Å². The summed E-state index contributed by atoms with van der Waals surface area (Å²) >= 11 is 0. The van der Waals surface area contributed by atoms with Gasteiger partial charge in [-0.25, -0.2) is 8.42 Å². The molecule has 0 spiro atoms. The molecule has 0 unspecified atom stereocenters. The number of nitrogens with one attached hydrogen (secondary N) is 1. The average Bonchev–Trinajstić information content (AvgIpc) is 2.32. The molecule has 0 radical (unpaired) electrons. The van der Waals surface area contributed by atoms with Gasteiger partial charge in [-0.2, -0.15) is 0 Å². The number of hydrogen-bond acceptors (Lipinski definition) is 4. The fraction of sp³-hybridized carbons (Fsp3) is 0.857. The number of allylic oxidation sites excluding steroid dienone is 1. The van der Waals surface area contributed by atoms with E-state index in [1.54, 1.807) is 0 Å². The lowest BCUT2D eigenvalue weighted by Gasteiger charge is -2.31. The minimum absolute atomic E-state index is 0.291. The van der Waals surface area contributed by atoms with Crippen LogP contribution in [0.15, 0.2) is 11.6 Å². The van der Waals surface area contributed by atoms with Gasteiger partial charge in [0.15, 0.2) is 0 Å². The summed E-state index contributed by atoms with van der Waals surface area (Å²) in [6, 6.07) is 0.558. The first-order valence-corrected chi connectivity index (χ1v) is 9.20. The van der Waals surface area contributed by atoms with Crippen molar-refractivity contribution in [1.29, 1.82) is 0 Å². The van der Waals surface area contributed by atoms with Crippen molar-refractivity contribution in [1.82, 2.24) is 10.2 Å². The van der Waals surface area contributed by atoms with E-state index in [0.29, 0.717) is 11.8 Å². The van der Waals surface area contributed by atoms with Crippen molar-refractivity contribution in [3.63, 3.8) is 0 Å². The van der Waals surface area contributed by atoms with Crippen LogP contribution < -0.4 is 5.32 Å². The highest BCUT2D eigenvalue weighted by Crippen LogP contribution is 2.10. The third-order valence-electron chi connectivity index (χ3n) is 3.47. The fourth-order valence-electron chi connectivity index (χ4n) is 2.27. The summed E-state index contributed by atoms with van der Waals surface area (Å²) in [5, 5.41) is 3.47. The molecule has 1 fully saturated rings. The number of nitrogens with zero attached hydrogens (tertiary/aromatic N) is 1. The normalized spacial score (nSPS) is 18.5. The van der Waals surface area contributed by atoms with Crippen molar-refractivity contribution >= 4 is 9.84 Å². The highest BCUT2D eigenvalue weighted by molar-refractivity contribution is 7.90. The van der Waals surface area contributed by atoms with Gasteiger partial charge in [-0.3, -0.25) is 4.90 Å². The largest absolute Gasteiger partial charge is 0.314 e. The van der Waals surface area contributed by atoms with E-state index in [4.69, 9.17) is 0 Å². The van der Waals surface area contributed by atoms with E-state index >= 15 is 0 Å². The van der Waals surface area contributed by atoms with Gasteiger partial charge >= 0.3 is 0 Å². The molecular weight excluding hydrogens is 260 g/mol. The molecule has 1 heterocycles. The van der Waals surface area contributed by atoms with E-state index in [0.717, 1.165) is 45.4 Å². The maximum Gasteiger partial charge on any atom is 0.147 e. The molecule has 19 heavy (non-hydrogen) atoms. The van der Waals surface area contributed by atoms with Crippen LogP contribution in [0.25, 0.3) is 0 Å². The van der Waals surface area contributed by atoms with Crippen molar-refractivity contribution in [3.8, 4) is 0 Å². The molecule has 0 aromatic heterocycles. The highest BCUT2D eigenvalue weighted by atomic mass is 32.2. The summed E-state index contributed by atoms with van der Waals surface area (Å²) in [6.07, 6.45) is 6.62. The zero-order valence-electron chi connectivity index (χ0n) is 12.5. The number of hydrogen-bond donors (Lipinski definition) is 1. The maximum atomic E-state index is 11.0. The highest BCUT2D eigenvalue weighted by Gasteiger charge is 2.17. The lowest BCUT2D eigenvalue weighted by molar-refractivity contribution is 0.215. The molecule has 0 aliphatic carbocycles. The van der Waals surface area contributed by atoms with Gasteiger partial charge < -0.3 is 5.32 Å². The molecule has 4 nitrogen and oxygen atoms in total. The minimum Gasteiger partial charge on any atom is -0.314 e. The second-order valence-electron chi connectivity index (χ2n) is 5.79. The predicted molar refractivity (Wildman–Crippen MR) is 81.2 cm³/mol. The number of likely N-dealkylation sites (tertiary alicyclic amines) is 1. The van der Waals surface area contributed by atoms with Gasteiger partial charge in [0, 0.05) is 18.8 Å². The molecule has 1 aliphatic rings. The second kappa shape index (κ2) is 8.02. The molecule has 0 atom stereocenters. The topological polar surface area (TPSA) is 49.4 Å².